The van der Waals surface area contributed by atoms with Crippen LogP contribution in [0.25, 0.3) is 22.5 Å². The molecule has 0 spiro atoms. The van der Waals surface area contributed by atoms with Crippen LogP contribution in [-0.2, 0) is 16.9 Å². The second-order valence-corrected chi connectivity index (χ2v) is 8.79. The topological polar surface area (TPSA) is 39.1 Å². The van der Waals surface area contributed by atoms with Gasteiger partial charge < -0.3 is 4.57 Å². The van der Waals surface area contributed by atoms with Gasteiger partial charge in [-0.1, -0.05) is 60.7 Å². The molecule has 0 aliphatic carbocycles. The molecule has 0 aliphatic rings. The largest absolute Gasteiger partial charge is 0.342 e. The Bertz CT molecular complexity index is 1260. The molecule has 1 aromatic heterocycles. The summed E-state index contributed by atoms with van der Waals surface area (Å²) in [4.78, 5) is 0.320. The minimum atomic E-state index is -3.86. The lowest BCUT2D eigenvalue weighted by atomic mass is 10.1. The van der Waals surface area contributed by atoms with E-state index < -0.39 is 15.7 Å². The monoisotopic (exact) mass is 405 g/mol. The highest BCUT2D eigenvalue weighted by molar-refractivity contribution is 7.91. The van der Waals surface area contributed by atoms with Crippen molar-refractivity contribution in [1.82, 2.24) is 4.57 Å². The van der Waals surface area contributed by atoms with Gasteiger partial charge in [-0.2, -0.15) is 0 Å². The van der Waals surface area contributed by atoms with Crippen LogP contribution in [0.2, 0.25) is 0 Å². The fourth-order valence-electron chi connectivity index (χ4n) is 3.79. The number of benzene rings is 3. The highest BCUT2D eigenvalue weighted by Gasteiger charge is 2.30. The molecular weight excluding hydrogens is 385 g/mol. The Morgan fingerprint density at radius 2 is 1.21 bits per heavy atom. The molecule has 0 saturated carbocycles. The van der Waals surface area contributed by atoms with Crippen molar-refractivity contribution in [1.29, 1.82) is 0 Å². The molecule has 0 unspecified atom stereocenters. The Balaban J connectivity index is 2.06. The first kappa shape index (κ1) is 19.2. The third-order valence-electron chi connectivity index (χ3n) is 5.07. The molecule has 3 aromatic carbocycles. The van der Waals surface area contributed by atoms with E-state index in [1.54, 1.807) is 0 Å². The van der Waals surface area contributed by atoms with Crippen LogP contribution in [0.4, 0.5) is 4.39 Å². The van der Waals surface area contributed by atoms with Gasteiger partial charge in [0, 0.05) is 7.05 Å². The third-order valence-corrected chi connectivity index (χ3v) is 7.00. The first-order chi connectivity index (χ1) is 13.9. The first-order valence-corrected chi connectivity index (χ1v) is 10.7. The molecule has 5 heteroatoms. The van der Waals surface area contributed by atoms with Crippen molar-refractivity contribution >= 4 is 9.84 Å². The maximum atomic E-state index is 13.6. The molecule has 0 N–H and O–H groups in total. The number of hydrogen-bond donors (Lipinski definition) is 0. The molecule has 0 bridgehead atoms. The summed E-state index contributed by atoms with van der Waals surface area (Å²) >= 11 is 0. The van der Waals surface area contributed by atoms with Crippen LogP contribution in [0.1, 0.15) is 5.56 Å². The first-order valence-electron chi connectivity index (χ1n) is 9.22. The fraction of sp³-hybridized carbons (Fsp3) is 0.0833. The van der Waals surface area contributed by atoms with Gasteiger partial charge in [-0.05, 0) is 47.9 Å². The van der Waals surface area contributed by atoms with Gasteiger partial charge in [-0.15, -0.1) is 0 Å². The highest BCUT2D eigenvalue weighted by Crippen LogP contribution is 2.41. The molecule has 1 heterocycles. The van der Waals surface area contributed by atoms with Crippen LogP contribution in [-0.4, -0.2) is 13.0 Å². The van der Waals surface area contributed by atoms with Crippen LogP contribution in [0.15, 0.2) is 94.7 Å². The molecule has 0 fully saturated rings. The summed E-state index contributed by atoms with van der Waals surface area (Å²) in [5.41, 5.74) is 3.87. The minimum Gasteiger partial charge on any atom is -0.342 e. The van der Waals surface area contributed by atoms with Crippen LogP contribution in [0.5, 0.6) is 0 Å². The normalized spacial score (nSPS) is 11.6. The van der Waals surface area contributed by atoms with Crippen molar-refractivity contribution in [3.05, 3.63) is 96.3 Å². The predicted octanol–water partition coefficient (Wildman–Crippen LogP) is 5.64. The summed E-state index contributed by atoms with van der Waals surface area (Å²) in [6, 6.07) is 24.1. The maximum Gasteiger partial charge on any atom is 0.209 e. The molecule has 0 radical (unpaired) electrons. The number of rotatable bonds is 4. The maximum absolute atomic E-state index is 13.6. The predicted molar refractivity (Wildman–Crippen MR) is 113 cm³/mol. The van der Waals surface area contributed by atoms with E-state index in [0.29, 0.717) is 11.3 Å². The molecule has 0 atom stereocenters. The molecule has 146 valence electrons. The van der Waals surface area contributed by atoms with Crippen molar-refractivity contribution in [2.24, 2.45) is 7.05 Å². The Morgan fingerprint density at radius 1 is 0.724 bits per heavy atom. The summed E-state index contributed by atoms with van der Waals surface area (Å²) in [5, 5.41) is 0. The lowest BCUT2D eigenvalue weighted by Gasteiger charge is -2.10. The van der Waals surface area contributed by atoms with Crippen LogP contribution < -0.4 is 0 Å². The van der Waals surface area contributed by atoms with E-state index in [-0.39, 0.29) is 9.79 Å². The Kier molecular flexibility index (Phi) is 4.84. The molecule has 0 aliphatic heterocycles. The second-order valence-electron chi connectivity index (χ2n) is 6.90. The van der Waals surface area contributed by atoms with E-state index in [1.807, 2.05) is 79.2 Å². The van der Waals surface area contributed by atoms with Gasteiger partial charge in [0.05, 0.1) is 16.3 Å². The van der Waals surface area contributed by atoms with Gasteiger partial charge in [0.15, 0.2) is 0 Å². The van der Waals surface area contributed by atoms with Gasteiger partial charge in [0.2, 0.25) is 9.84 Å². The summed E-state index contributed by atoms with van der Waals surface area (Å²) in [5.74, 6) is -0.470. The zero-order valence-electron chi connectivity index (χ0n) is 16.1. The van der Waals surface area contributed by atoms with E-state index >= 15 is 0 Å². The van der Waals surface area contributed by atoms with E-state index in [2.05, 4.69) is 0 Å². The van der Waals surface area contributed by atoms with Gasteiger partial charge in [0.25, 0.3) is 0 Å². The number of hydrogen-bond acceptors (Lipinski definition) is 2. The van der Waals surface area contributed by atoms with Crippen molar-refractivity contribution in [2.45, 2.75) is 16.7 Å². The Labute approximate surface area is 170 Å². The van der Waals surface area contributed by atoms with Gasteiger partial charge in [-0.25, -0.2) is 12.8 Å². The summed E-state index contributed by atoms with van der Waals surface area (Å²) in [7, 11) is -1.99. The van der Waals surface area contributed by atoms with Crippen molar-refractivity contribution < 1.29 is 12.8 Å². The minimum absolute atomic E-state index is 0.0735. The summed E-state index contributed by atoms with van der Waals surface area (Å²) in [6.07, 6.45) is 0. The van der Waals surface area contributed by atoms with E-state index in [4.69, 9.17) is 0 Å². The molecule has 0 amide bonds. The summed E-state index contributed by atoms with van der Waals surface area (Å²) in [6.45, 7) is 1.82. The number of nitrogens with zero attached hydrogens (tertiary/aromatic N) is 1. The van der Waals surface area contributed by atoms with Crippen molar-refractivity contribution in [3.8, 4) is 22.5 Å². The number of aromatic nitrogens is 1. The average Bonchev–Trinajstić information content (AvgIpc) is 3.00. The average molecular weight is 405 g/mol. The number of sulfone groups is 1. The fourth-order valence-corrected chi connectivity index (χ4v) is 5.53. The van der Waals surface area contributed by atoms with Crippen molar-refractivity contribution in [3.63, 3.8) is 0 Å². The quantitative estimate of drug-likeness (QED) is 0.412. The van der Waals surface area contributed by atoms with Crippen LogP contribution in [0, 0.1) is 12.7 Å². The molecule has 3 nitrogen and oxygen atoms in total. The zero-order valence-corrected chi connectivity index (χ0v) is 16.9. The lowest BCUT2D eigenvalue weighted by molar-refractivity contribution is 0.594. The van der Waals surface area contributed by atoms with Gasteiger partial charge in [0.1, 0.15) is 10.7 Å². The Morgan fingerprint density at radius 3 is 1.72 bits per heavy atom. The van der Waals surface area contributed by atoms with Crippen molar-refractivity contribution in [2.75, 3.05) is 0 Å². The standard InChI is InChI=1S/C24H20FNO2S/c1-17-22(18-9-5-3-6-10-18)26(2)23(19-11-7-4-8-12-19)24(17)29(27,28)21-15-13-20(25)14-16-21/h3-16H,1-2H3. The van der Waals surface area contributed by atoms with E-state index in [0.717, 1.165) is 16.8 Å². The molecule has 4 rings (SSSR count). The highest BCUT2D eigenvalue weighted by atomic mass is 32.2. The van der Waals surface area contributed by atoms with Gasteiger partial charge >= 0.3 is 0 Å². The molecule has 29 heavy (non-hydrogen) atoms. The Hall–Kier alpha value is -3.18. The van der Waals surface area contributed by atoms with E-state index in [1.165, 1.54) is 24.3 Å². The molecule has 4 aromatic rings. The van der Waals surface area contributed by atoms with Crippen LogP contribution in [0.3, 0.4) is 0 Å². The zero-order chi connectivity index (χ0) is 20.6. The smallest absolute Gasteiger partial charge is 0.209 e. The number of halogens is 1. The lowest BCUT2D eigenvalue weighted by Crippen LogP contribution is -2.05. The molecular formula is C24H20FNO2S. The van der Waals surface area contributed by atoms with E-state index in [9.17, 15) is 12.8 Å². The third kappa shape index (κ3) is 3.28. The second kappa shape index (κ2) is 7.33. The SMILES string of the molecule is Cc1c(S(=O)(=O)c2ccc(F)cc2)c(-c2ccccc2)n(C)c1-c1ccccc1. The van der Waals surface area contributed by atoms with Crippen LogP contribution >= 0.6 is 0 Å². The summed E-state index contributed by atoms with van der Waals surface area (Å²) < 4.78 is 42.6. The molecule has 0 saturated heterocycles. The van der Waals surface area contributed by atoms with Gasteiger partial charge in [-0.3, -0.25) is 0 Å².